The Morgan fingerprint density at radius 1 is 1.27 bits per heavy atom. The van der Waals surface area contributed by atoms with Gasteiger partial charge in [-0.1, -0.05) is 17.7 Å². The minimum Gasteiger partial charge on any atom is -0.456 e. The summed E-state index contributed by atoms with van der Waals surface area (Å²) < 4.78 is 5.80. The Kier molecular flexibility index (Phi) is 1.89. The smallest absolute Gasteiger partial charge is 0.134 e. The van der Waals surface area contributed by atoms with Gasteiger partial charge in [-0.25, -0.2) is 0 Å². The summed E-state index contributed by atoms with van der Waals surface area (Å²) in [7, 11) is 0. The summed E-state index contributed by atoms with van der Waals surface area (Å²) in [4.78, 5) is 0. The van der Waals surface area contributed by atoms with Crippen molar-refractivity contribution in [2.75, 3.05) is 13.1 Å². The number of hydrogen-bond donors (Lipinski definition) is 1. The largest absolute Gasteiger partial charge is 0.456 e. The summed E-state index contributed by atoms with van der Waals surface area (Å²) >= 11 is 0. The molecule has 15 heavy (non-hydrogen) atoms. The van der Waals surface area contributed by atoms with E-state index in [4.69, 9.17) is 4.42 Å². The van der Waals surface area contributed by atoms with Crippen molar-refractivity contribution in [3.63, 3.8) is 0 Å². The molecule has 1 aromatic heterocycles. The van der Waals surface area contributed by atoms with Crippen LogP contribution >= 0.6 is 0 Å². The highest BCUT2D eigenvalue weighted by Crippen LogP contribution is 2.26. The van der Waals surface area contributed by atoms with Crippen LogP contribution < -0.4 is 5.32 Å². The third kappa shape index (κ3) is 1.47. The molecule has 0 fully saturated rings. The van der Waals surface area contributed by atoms with Crippen LogP contribution in [-0.4, -0.2) is 13.1 Å². The van der Waals surface area contributed by atoms with E-state index in [1.807, 2.05) is 6.07 Å². The molecule has 2 nitrogen and oxygen atoms in total. The molecule has 1 aliphatic rings. The first kappa shape index (κ1) is 8.74. The summed E-state index contributed by atoms with van der Waals surface area (Å²) in [6.45, 7) is 3.96. The number of furan rings is 1. The average Bonchev–Trinajstić information content (AvgIpc) is 2.84. The molecule has 0 saturated carbocycles. The molecule has 1 aromatic carbocycles. The SMILES string of the molecule is Cc1ccc2oc(C3=CCNC3)cc2c1. The third-order valence-corrected chi connectivity index (χ3v) is 2.80. The van der Waals surface area contributed by atoms with Crippen LogP contribution in [0.15, 0.2) is 34.8 Å². The van der Waals surface area contributed by atoms with E-state index in [0.717, 1.165) is 24.4 Å². The molecule has 0 aliphatic carbocycles. The van der Waals surface area contributed by atoms with Crippen molar-refractivity contribution < 1.29 is 4.42 Å². The van der Waals surface area contributed by atoms with Crippen molar-refractivity contribution in [3.8, 4) is 0 Å². The minimum atomic E-state index is 0.915. The molecule has 1 aliphatic heterocycles. The molecule has 2 heteroatoms. The molecule has 76 valence electrons. The summed E-state index contributed by atoms with van der Waals surface area (Å²) in [5.74, 6) is 1.00. The summed E-state index contributed by atoms with van der Waals surface area (Å²) in [5.41, 5.74) is 3.51. The topological polar surface area (TPSA) is 25.2 Å². The predicted molar refractivity (Wildman–Crippen MR) is 61.8 cm³/mol. The molecular weight excluding hydrogens is 186 g/mol. The van der Waals surface area contributed by atoms with E-state index in [0.29, 0.717) is 0 Å². The van der Waals surface area contributed by atoms with E-state index < -0.39 is 0 Å². The zero-order chi connectivity index (χ0) is 10.3. The van der Waals surface area contributed by atoms with E-state index in [9.17, 15) is 0 Å². The zero-order valence-electron chi connectivity index (χ0n) is 8.71. The molecule has 0 spiro atoms. The molecule has 1 N–H and O–H groups in total. The fourth-order valence-electron chi connectivity index (χ4n) is 1.98. The normalized spacial score (nSPS) is 15.9. The second-order valence-electron chi connectivity index (χ2n) is 4.01. The van der Waals surface area contributed by atoms with Crippen LogP contribution in [0.4, 0.5) is 0 Å². The maximum atomic E-state index is 5.80. The lowest BCUT2D eigenvalue weighted by molar-refractivity contribution is 0.597. The highest BCUT2D eigenvalue weighted by molar-refractivity contribution is 5.83. The fraction of sp³-hybridized carbons (Fsp3) is 0.231. The first-order valence-electron chi connectivity index (χ1n) is 5.23. The summed E-state index contributed by atoms with van der Waals surface area (Å²) in [5, 5.41) is 4.47. The van der Waals surface area contributed by atoms with Crippen LogP contribution in [0.25, 0.3) is 16.5 Å². The van der Waals surface area contributed by atoms with Gasteiger partial charge in [-0.05, 0) is 25.1 Å². The van der Waals surface area contributed by atoms with E-state index in [1.54, 1.807) is 0 Å². The first-order valence-corrected chi connectivity index (χ1v) is 5.23. The van der Waals surface area contributed by atoms with Crippen molar-refractivity contribution in [2.24, 2.45) is 0 Å². The van der Waals surface area contributed by atoms with Crippen molar-refractivity contribution in [1.82, 2.24) is 5.32 Å². The summed E-state index contributed by atoms with van der Waals surface area (Å²) in [6, 6.07) is 8.40. The monoisotopic (exact) mass is 199 g/mol. The summed E-state index contributed by atoms with van der Waals surface area (Å²) in [6.07, 6.45) is 2.19. The van der Waals surface area contributed by atoms with Gasteiger partial charge in [0.15, 0.2) is 0 Å². The molecule has 0 saturated heterocycles. The van der Waals surface area contributed by atoms with E-state index in [2.05, 4.69) is 36.5 Å². The van der Waals surface area contributed by atoms with Crippen molar-refractivity contribution in [3.05, 3.63) is 41.7 Å². The first-order chi connectivity index (χ1) is 7.33. The highest BCUT2D eigenvalue weighted by Gasteiger charge is 2.11. The van der Waals surface area contributed by atoms with E-state index in [1.165, 1.54) is 16.5 Å². The Hall–Kier alpha value is -1.54. The van der Waals surface area contributed by atoms with E-state index >= 15 is 0 Å². The predicted octanol–water partition coefficient (Wildman–Crippen LogP) is 2.73. The second-order valence-corrected chi connectivity index (χ2v) is 4.01. The van der Waals surface area contributed by atoms with Gasteiger partial charge in [0.25, 0.3) is 0 Å². The Bertz CT molecular complexity index is 536. The molecule has 0 unspecified atom stereocenters. The van der Waals surface area contributed by atoms with Crippen molar-refractivity contribution in [1.29, 1.82) is 0 Å². The molecule has 2 heterocycles. The van der Waals surface area contributed by atoms with Gasteiger partial charge in [0.05, 0.1) is 0 Å². The van der Waals surface area contributed by atoms with Crippen molar-refractivity contribution >= 4 is 16.5 Å². The molecule has 0 bridgehead atoms. The Morgan fingerprint density at radius 2 is 2.20 bits per heavy atom. The highest BCUT2D eigenvalue weighted by atomic mass is 16.3. The van der Waals surface area contributed by atoms with Gasteiger partial charge in [0, 0.05) is 24.0 Å². The van der Waals surface area contributed by atoms with Crippen LogP contribution in [0.3, 0.4) is 0 Å². The molecule has 3 rings (SSSR count). The quantitative estimate of drug-likeness (QED) is 0.764. The van der Waals surface area contributed by atoms with Crippen LogP contribution in [-0.2, 0) is 0 Å². The number of nitrogens with one attached hydrogen (secondary N) is 1. The lowest BCUT2D eigenvalue weighted by Gasteiger charge is -1.93. The number of aryl methyl sites for hydroxylation is 1. The van der Waals surface area contributed by atoms with Gasteiger partial charge in [-0.15, -0.1) is 0 Å². The van der Waals surface area contributed by atoms with Gasteiger partial charge in [0.2, 0.25) is 0 Å². The van der Waals surface area contributed by atoms with Gasteiger partial charge in [0.1, 0.15) is 11.3 Å². The number of fused-ring (bicyclic) bond motifs is 1. The van der Waals surface area contributed by atoms with Crippen molar-refractivity contribution in [2.45, 2.75) is 6.92 Å². The molecule has 0 radical (unpaired) electrons. The van der Waals surface area contributed by atoms with Crippen LogP contribution in [0, 0.1) is 6.92 Å². The molecule has 0 atom stereocenters. The van der Waals surface area contributed by atoms with E-state index in [-0.39, 0.29) is 0 Å². The number of rotatable bonds is 1. The average molecular weight is 199 g/mol. The maximum Gasteiger partial charge on any atom is 0.134 e. The molecular formula is C13H13NO. The number of hydrogen-bond acceptors (Lipinski definition) is 2. The minimum absolute atomic E-state index is 0.915. The zero-order valence-corrected chi connectivity index (χ0v) is 8.71. The second kappa shape index (κ2) is 3.24. The van der Waals surface area contributed by atoms with Crippen LogP contribution in [0.5, 0.6) is 0 Å². The lowest BCUT2D eigenvalue weighted by Crippen LogP contribution is -2.07. The molecule has 0 amide bonds. The number of benzene rings is 1. The standard InChI is InChI=1S/C13H13NO/c1-9-2-3-12-11(6-9)7-13(15-12)10-4-5-14-8-10/h2-4,6-7,14H,5,8H2,1H3. The third-order valence-electron chi connectivity index (χ3n) is 2.80. The fourth-order valence-corrected chi connectivity index (χ4v) is 1.98. The molecule has 2 aromatic rings. The Morgan fingerprint density at radius 3 is 3.00 bits per heavy atom. The Balaban J connectivity index is 2.13. The van der Waals surface area contributed by atoms with Gasteiger partial charge < -0.3 is 9.73 Å². The Labute approximate surface area is 88.6 Å². The maximum absolute atomic E-state index is 5.80. The van der Waals surface area contributed by atoms with Gasteiger partial charge >= 0.3 is 0 Å². The lowest BCUT2D eigenvalue weighted by atomic mass is 10.1. The van der Waals surface area contributed by atoms with Crippen LogP contribution in [0.2, 0.25) is 0 Å². The van der Waals surface area contributed by atoms with Gasteiger partial charge in [-0.3, -0.25) is 0 Å². The van der Waals surface area contributed by atoms with Crippen LogP contribution in [0.1, 0.15) is 11.3 Å². The van der Waals surface area contributed by atoms with Gasteiger partial charge in [-0.2, -0.15) is 0 Å².